The number of hydrazine groups is 1. The lowest BCUT2D eigenvalue weighted by atomic mass is 10.1. The molecule has 0 saturated heterocycles. The first-order valence-electron chi connectivity index (χ1n) is 4.28. The van der Waals surface area contributed by atoms with Crippen molar-refractivity contribution in [3.05, 3.63) is 29.8 Å². The second kappa shape index (κ2) is 2.92. The van der Waals surface area contributed by atoms with Crippen molar-refractivity contribution in [3.8, 4) is 0 Å². The van der Waals surface area contributed by atoms with Gasteiger partial charge in [0, 0.05) is 14.1 Å². The molecule has 0 bridgehead atoms. The molecule has 72 valence electrons. The third-order valence-corrected chi connectivity index (χ3v) is 2.16. The molecule has 0 saturated carbocycles. The lowest BCUT2D eigenvalue weighted by Crippen LogP contribution is -2.40. The van der Waals surface area contributed by atoms with Gasteiger partial charge in [0.15, 0.2) is 0 Å². The molecular formula is C10H10N2O2. The first-order chi connectivity index (χ1) is 6.63. The molecule has 14 heavy (non-hydrogen) atoms. The molecule has 1 aliphatic heterocycles. The Morgan fingerprint density at radius 3 is 2.43 bits per heavy atom. The zero-order valence-electron chi connectivity index (χ0n) is 8.02. The van der Waals surface area contributed by atoms with E-state index < -0.39 is 11.7 Å². The van der Waals surface area contributed by atoms with E-state index >= 15 is 0 Å². The van der Waals surface area contributed by atoms with Gasteiger partial charge in [-0.2, -0.15) is 0 Å². The number of ketones is 1. The topological polar surface area (TPSA) is 40.6 Å². The van der Waals surface area contributed by atoms with Crippen LogP contribution in [0.25, 0.3) is 0 Å². The Bertz CT molecular complexity index is 412. The highest BCUT2D eigenvalue weighted by atomic mass is 16.2. The Labute approximate surface area is 81.7 Å². The standard InChI is InChI=1S/C10H10N2O2/c1-11(2)12-8-6-4-3-5-7(8)9(13)10(12)14/h3-6H,1-2H3. The Hall–Kier alpha value is -1.68. The molecule has 0 aliphatic carbocycles. The van der Waals surface area contributed by atoms with Gasteiger partial charge >= 0.3 is 5.91 Å². The predicted molar refractivity (Wildman–Crippen MR) is 51.9 cm³/mol. The SMILES string of the molecule is CN(C)N1C(=O)C(=O)c2ccccc21. The highest BCUT2D eigenvalue weighted by Crippen LogP contribution is 2.28. The highest BCUT2D eigenvalue weighted by Gasteiger charge is 2.36. The number of hydrogen-bond acceptors (Lipinski definition) is 3. The van der Waals surface area contributed by atoms with Gasteiger partial charge in [0.1, 0.15) is 0 Å². The van der Waals surface area contributed by atoms with Crippen LogP contribution in [-0.4, -0.2) is 30.8 Å². The smallest absolute Gasteiger partial charge is 0.283 e. The Kier molecular flexibility index (Phi) is 1.86. The lowest BCUT2D eigenvalue weighted by molar-refractivity contribution is -0.116. The molecule has 0 radical (unpaired) electrons. The normalized spacial score (nSPS) is 15.2. The van der Waals surface area contributed by atoms with E-state index in [-0.39, 0.29) is 0 Å². The van der Waals surface area contributed by atoms with Gasteiger partial charge in [-0.25, -0.2) is 10.0 Å². The molecule has 0 aromatic heterocycles. The maximum atomic E-state index is 11.5. The summed E-state index contributed by atoms with van der Waals surface area (Å²) in [6.45, 7) is 0. The van der Waals surface area contributed by atoms with E-state index in [1.807, 2.05) is 0 Å². The Balaban J connectivity index is 2.59. The molecule has 1 aromatic carbocycles. The van der Waals surface area contributed by atoms with Gasteiger partial charge in [-0.15, -0.1) is 0 Å². The van der Waals surface area contributed by atoms with Crippen molar-refractivity contribution < 1.29 is 9.59 Å². The van der Waals surface area contributed by atoms with Crippen LogP contribution in [0.4, 0.5) is 5.69 Å². The van der Waals surface area contributed by atoms with Gasteiger partial charge in [0.05, 0.1) is 11.3 Å². The van der Waals surface area contributed by atoms with Crippen molar-refractivity contribution in [2.75, 3.05) is 19.1 Å². The first-order valence-corrected chi connectivity index (χ1v) is 4.28. The fourth-order valence-corrected chi connectivity index (χ4v) is 1.57. The third kappa shape index (κ3) is 1.04. The van der Waals surface area contributed by atoms with E-state index in [9.17, 15) is 9.59 Å². The van der Waals surface area contributed by atoms with Gasteiger partial charge in [0.25, 0.3) is 5.78 Å². The maximum absolute atomic E-state index is 11.5. The minimum atomic E-state index is -0.490. The Morgan fingerprint density at radius 2 is 1.79 bits per heavy atom. The summed E-state index contributed by atoms with van der Waals surface area (Å²) in [4.78, 5) is 23.0. The summed E-state index contributed by atoms with van der Waals surface area (Å²) >= 11 is 0. The zero-order chi connectivity index (χ0) is 10.3. The average molecular weight is 190 g/mol. The number of benzene rings is 1. The minimum absolute atomic E-state index is 0.436. The van der Waals surface area contributed by atoms with Crippen molar-refractivity contribution in [3.63, 3.8) is 0 Å². The second-order valence-electron chi connectivity index (χ2n) is 3.31. The molecule has 4 heteroatoms. The van der Waals surface area contributed by atoms with Gasteiger partial charge in [0.2, 0.25) is 0 Å². The molecule has 0 atom stereocenters. The average Bonchev–Trinajstić information content (AvgIpc) is 2.41. The van der Waals surface area contributed by atoms with Gasteiger partial charge in [-0.05, 0) is 12.1 Å². The summed E-state index contributed by atoms with van der Waals surface area (Å²) in [6, 6.07) is 6.99. The quantitative estimate of drug-likeness (QED) is 0.612. The van der Waals surface area contributed by atoms with E-state index in [2.05, 4.69) is 0 Å². The van der Waals surface area contributed by atoms with Gasteiger partial charge in [-0.1, -0.05) is 12.1 Å². The van der Waals surface area contributed by atoms with Crippen LogP contribution in [-0.2, 0) is 4.79 Å². The summed E-state index contributed by atoms with van der Waals surface area (Å²) in [5.74, 6) is -0.925. The number of nitrogens with zero attached hydrogens (tertiary/aromatic N) is 2. The van der Waals surface area contributed by atoms with E-state index in [1.54, 1.807) is 43.4 Å². The maximum Gasteiger partial charge on any atom is 0.314 e. The number of rotatable bonds is 1. The van der Waals surface area contributed by atoms with Crippen LogP contribution < -0.4 is 5.01 Å². The number of carbonyl (C=O) groups excluding carboxylic acids is 2. The van der Waals surface area contributed by atoms with E-state index in [1.165, 1.54) is 5.01 Å². The predicted octanol–water partition coefficient (Wildman–Crippen LogP) is 0.692. The molecule has 1 aromatic rings. The van der Waals surface area contributed by atoms with Crippen LogP contribution in [0.5, 0.6) is 0 Å². The summed E-state index contributed by atoms with van der Waals surface area (Å²) in [6.07, 6.45) is 0. The second-order valence-corrected chi connectivity index (χ2v) is 3.31. The van der Waals surface area contributed by atoms with Crippen molar-refractivity contribution in [2.45, 2.75) is 0 Å². The molecule has 0 fully saturated rings. The molecule has 0 N–H and O–H groups in total. The molecule has 2 rings (SSSR count). The summed E-state index contributed by atoms with van der Waals surface area (Å²) in [5, 5.41) is 2.98. The first kappa shape index (κ1) is 8.90. The lowest BCUT2D eigenvalue weighted by Gasteiger charge is -2.23. The zero-order valence-corrected chi connectivity index (χ0v) is 8.02. The van der Waals surface area contributed by atoms with Crippen LogP contribution in [0.3, 0.4) is 0 Å². The Morgan fingerprint density at radius 1 is 1.14 bits per heavy atom. The fourth-order valence-electron chi connectivity index (χ4n) is 1.57. The van der Waals surface area contributed by atoms with Crippen molar-refractivity contribution in [1.29, 1.82) is 0 Å². The monoisotopic (exact) mass is 190 g/mol. The summed E-state index contributed by atoms with van der Waals surface area (Å²) in [7, 11) is 3.46. The fraction of sp³-hybridized carbons (Fsp3) is 0.200. The number of amides is 1. The third-order valence-electron chi connectivity index (χ3n) is 2.16. The van der Waals surface area contributed by atoms with Crippen molar-refractivity contribution >= 4 is 17.4 Å². The number of fused-ring (bicyclic) bond motifs is 1. The van der Waals surface area contributed by atoms with Gasteiger partial charge < -0.3 is 0 Å². The number of Topliss-reactive ketones (excluding diaryl/α,β-unsaturated/α-hetero) is 1. The van der Waals surface area contributed by atoms with Crippen LogP contribution >= 0.6 is 0 Å². The largest absolute Gasteiger partial charge is 0.314 e. The number of anilines is 1. The van der Waals surface area contributed by atoms with Crippen LogP contribution in [0.15, 0.2) is 24.3 Å². The van der Waals surface area contributed by atoms with Crippen LogP contribution in [0, 0.1) is 0 Å². The van der Waals surface area contributed by atoms with Crippen molar-refractivity contribution in [2.24, 2.45) is 0 Å². The summed E-state index contributed by atoms with van der Waals surface area (Å²) < 4.78 is 0. The van der Waals surface area contributed by atoms with Crippen LogP contribution in [0.1, 0.15) is 10.4 Å². The van der Waals surface area contributed by atoms with E-state index in [0.717, 1.165) is 0 Å². The number of hydrogen-bond donors (Lipinski definition) is 0. The number of carbonyl (C=O) groups is 2. The molecule has 4 nitrogen and oxygen atoms in total. The number of para-hydroxylation sites is 1. The molecule has 0 unspecified atom stereocenters. The molecular weight excluding hydrogens is 180 g/mol. The van der Waals surface area contributed by atoms with Gasteiger partial charge in [-0.3, -0.25) is 9.59 Å². The minimum Gasteiger partial charge on any atom is -0.283 e. The molecule has 1 heterocycles. The summed E-state index contributed by atoms with van der Waals surface area (Å²) in [5.41, 5.74) is 1.14. The molecule has 1 aliphatic rings. The van der Waals surface area contributed by atoms with Crippen LogP contribution in [0.2, 0.25) is 0 Å². The van der Waals surface area contributed by atoms with Crippen molar-refractivity contribution in [1.82, 2.24) is 5.01 Å². The highest BCUT2D eigenvalue weighted by molar-refractivity contribution is 6.52. The van der Waals surface area contributed by atoms with E-state index in [0.29, 0.717) is 11.3 Å². The van der Waals surface area contributed by atoms with E-state index in [4.69, 9.17) is 0 Å². The molecule has 1 amide bonds. The molecule has 0 spiro atoms.